The van der Waals surface area contributed by atoms with Gasteiger partial charge in [0.25, 0.3) is 0 Å². The van der Waals surface area contributed by atoms with E-state index in [4.69, 9.17) is 9.47 Å². The van der Waals surface area contributed by atoms with Crippen LogP contribution in [-0.2, 0) is 19.1 Å². The predicted octanol–water partition coefficient (Wildman–Crippen LogP) is 0.0587. The molecule has 0 aromatic rings. The van der Waals surface area contributed by atoms with Gasteiger partial charge in [-0.1, -0.05) is 11.8 Å². The second-order valence-electron chi connectivity index (χ2n) is 2.52. The van der Waals surface area contributed by atoms with Crippen molar-refractivity contribution in [3.05, 3.63) is 0 Å². The van der Waals surface area contributed by atoms with Gasteiger partial charge in [-0.15, -0.1) is 0 Å². The first-order chi connectivity index (χ1) is 6.08. The van der Waals surface area contributed by atoms with Crippen molar-refractivity contribution < 1.29 is 19.1 Å². The molecule has 0 saturated carbocycles. The molecule has 0 aromatic heterocycles. The number of thioether (sulfide) groups is 1. The highest BCUT2D eigenvalue weighted by Gasteiger charge is 2.28. The first-order valence-corrected chi connectivity index (χ1v) is 4.75. The maximum Gasteiger partial charge on any atom is 0.304 e. The van der Waals surface area contributed by atoms with Crippen molar-refractivity contribution in [1.82, 2.24) is 5.32 Å². The van der Waals surface area contributed by atoms with Gasteiger partial charge in [0.05, 0.1) is 0 Å². The minimum Gasteiger partial charge on any atom is -0.450 e. The van der Waals surface area contributed by atoms with Gasteiger partial charge in [-0.3, -0.25) is 14.9 Å². The molecule has 2 unspecified atom stereocenters. The van der Waals surface area contributed by atoms with Crippen LogP contribution in [0.5, 0.6) is 0 Å². The van der Waals surface area contributed by atoms with Gasteiger partial charge < -0.3 is 9.47 Å². The molecule has 1 aliphatic rings. The lowest BCUT2D eigenvalue weighted by atomic mass is 10.7. The topological polar surface area (TPSA) is 64.6 Å². The molecule has 0 amide bonds. The van der Waals surface area contributed by atoms with E-state index >= 15 is 0 Å². The van der Waals surface area contributed by atoms with Gasteiger partial charge in [0.2, 0.25) is 5.56 Å². The molecule has 1 saturated heterocycles. The van der Waals surface area contributed by atoms with Crippen LogP contribution in [0.15, 0.2) is 0 Å². The Bertz CT molecular complexity index is 199. The summed E-state index contributed by atoms with van der Waals surface area (Å²) in [5, 5.41) is 2.89. The second-order valence-corrected chi connectivity index (χ2v) is 3.75. The molecule has 1 N–H and O–H groups in total. The molecular formula is C7H11NO4S. The molecule has 0 aromatic carbocycles. The van der Waals surface area contributed by atoms with Crippen LogP contribution in [-0.4, -0.2) is 29.5 Å². The predicted molar refractivity (Wildman–Crippen MR) is 46.7 cm³/mol. The van der Waals surface area contributed by atoms with Crippen molar-refractivity contribution in [2.24, 2.45) is 0 Å². The van der Waals surface area contributed by atoms with Crippen LogP contribution in [0.3, 0.4) is 0 Å². The van der Waals surface area contributed by atoms with E-state index in [2.05, 4.69) is 5.32 Å². The smallest absolute Gasteiger partial charge is 0.304 e. The van der Waals surface area contributed by atoms with Crippen molar-refractivity contribution in [3.63, 3.8) is 0 Å². The molecule has 0 aliphatic carbocycles. The number of carbonyl (C=O) groups excluding carboxylic acids is 2. The molecule has 5 nitrogen and oxygen atoms in total. The molecule has 13 heavy (non-hydrogen) atoms. The van der Waals surface area contributed by atoms with E-state index in [1.165, 1.54) is 25.6 Å². The third kappa shape index (κ3) is 3.65. The summed E-state index contributed by atoms with van der Waals surface area (Å²) in [6.45, 7) is 3.18. The monoisotopic (exact) mass is 205 g/mol. The summed E-state index contributed by atoms with van der Waals surface area (Å²) in [5.41, 5.74) is -0.663. The molecule has 74 valence electrons. The largest absolute Gasteiger partial charge is 0.450 e. The maximum absolute atomic E-state index is 10.6. The number of rotatable bonds is 2. The molecule has 1 heterocycles. The minimum atomic E-state index is -0.401. The average Bonchev–Trinajstić information content (AvgIpc) is 2.33. The molecule has 1 aliphatic heterocycles. The Morgan fingerprint density at radius 3 is 2.46 bits per heavy atom. The number of nitrogens with one attached hydrogen (secondary N) is 1. The average molecular weight is 205 g/mol. The summed E-state index contributed by atoms with van der Waals surface area (Å²) in [5.74, 6) is -0.684. The van der Waals surface area contributed by atoms with Crippen LogP contribution in [0, 0.1) is 0 Å². The third-order valence-electron chi connectivity index (χ3n) is 1.30. The minimum absolute atomic E-state index is 0.262. The van der Waals surface area contributed by atoms with E-state index in [0.29, 0.717) is 6.54 Å². The number of ether oxygens (including phenoxy) is 2. The lowest BCUT2D eigenvalue weighted by Crippen LogP contribution is -2.25. The van der Waals surface area contributed by atoms with Crippen LogP contribution in [0.2, 0.25) is 0 Å². The first kappa shape index (κ1) is 10.3. The summed E-state index contributed by atoms with van der Waals surface area (Å²) < 4.78 is 9.74. The van der Waals surface area contributed by atoms with Gasteiger partial charge in [0.1, 0.15) is 0 Å². The lowest BCUT2D eigenvalue weighted by molar-refractivity contribution is -0.144. The van der Waals surface area contributed by atoms with Gasteiger partial charge in [-0.05, 0) is 0 Å². The molecule has 0 bridgehead atoms. The van der Waals surface area contributed by atoms with Crippen molar-refractivity contribution in [1.29, 1.82) is 0 Å². The van der Waals surface area contributed by atoms with Crippen LogP contribution in [0.4, 0.5) is 0 Å². The van der Waals surface area contributed by atoms with Crippen LogP contribution in [0.25, 0.3) is 0 Å². The second kappa shape index (κ2) is 4.48. The molecular weight excluding hydrogens is 194 g/mol. The van der Waals surface area contributed by atoms with E-state index in [-0.39, 0.29) is 17.4 Å². The summed E-state index contributed by atoms with van der Waals surface area (Å²) in [6, 6.07) is 0. The van der Waals surface area contributed by atoms with Crippen molar-refractivity contribution in [2.45, 2.75) is 24.8 Å². The normalized spacial score (nSPS) is 26.9. The first-order valence-electron chi connectivity index (χ1n) is 3.81. The number of esters is 2. The maximum atomic E-state index is 10.6. The van der Waals surface area contributed by atoms with E-state index in [1.807, 2.05) is 0 Å². The summed E-state index contributed by atoms with van der Waals surface area (Å²) in [7, 11) is 0. The summed E-state index contributed by atoms with van der Waals surface area (Å²) in [4.78, 5) is 21.1. The molecule has 0 spiro atoms. The van der Waals surface area contributed by atoms with Crippen molar-refractivity contribution in [3.8, 4) is 0 Å². The molecule has 1 rings (SSSR count). The van der Waals surface area contributed by atoms with Crippen LogP contribution >= 0.6 is 11.8 Å². The highest BCUT2D eigenvalue weighted by atomic mass is 32.2. The van der Waals surface area contributed by atoms with Crippen molar-refractivity contribution in [2.75, 3.05) is 6.54 Å². The zero-order chi connectivity index (χ0) is 9.84. The van der Waals surface area contributed by atoms with Gasteiger partial charge in [0.15, 0.2) is 5.44 Å². The Balaban J connectivity index is 2.27. The number of hydrogen-bond acceptors (Lipinski definition) is 6. The fraction of sp³-hybridized carbons (Fsp3) is 0.714. The van der Waals surface area contributed by atoms with Crippen LogP contribution in [0.1, 0.15) is 13.8 Å². The summed E-state index contributed by atoms with van der Waals surface area (Å²) in [6.07, 6.45) is 0. The Morgan fingerprint density at radius 2 is 1.92 bits per heavy atom. The van der Waals surface area contributed by atoms with E-state index in [9.17, 15) is 9.59 Å². The Hall–Kier alpha value is -0.750. The Labute approximate surface area is 80.1 Å². The fourth-order valence-corrected chi connectivity index (χ4v) is 1.94. The van der Waals surface area contributed by atoms with Gasteiger partial charge in [-0.2, -0.15) is 0 Å². The molecule has 6 heteroatoms. The highest BCUT2D eigenvalue weighted by molar-refractivity contribution is 8.00. The Morgan fingerprint density at radius 1 is 1.31 bits per heavy atom. The molecule has 2 atom stereocenters. The third-order valence-corrected chi connectivity index (χ3v) is 2.37. The standard InChI is InChI=1S/C7H11NO4S/c1-4(9)11-6-3-8-7(13-6)12-5(2)10/h6-8H,3H2,1-2H3. The molecule has 0 radical (unpaired) electrons. The van der Waals surface area contributed by atoms with Crippen molar-refractivity contribution >= 4 is 23.7 Å². The zero-order valence-electron chi connectivity index (χ0n) is 7.40. The number of hydrogen-bond donors (Lipinski definition) is 1. The lowest BCUT2D eigenvalue weighted by Gasteiger charge is -2.09. The van der Waals surface area contributed by atoms with E-state index < -0.39 is 5.56 Å². The van der Waals surface area contributed by atoms with Gasteiger partial charge in [-0.25, -0.2) is 0 Å². The SMILES string of the molecule is CC(=O)OC1CNC(OC(C)=O)S1. The zero-order valence-corrected chi connectivity index (χ0v) is 8.22. The van der Waals surface area contributed by atoms with Crippen LogP contribution < -0.4 is 5.32 Å². The molecule has 1 fully saturated rings. The Kier molecular flexibility index (Phi) is 3.56. The van der Waals surface area contributed by atoms with Gasteiger partial charge in [0, 0.05) is 20.4 Å². The number of carbonyl (C=O) groups is 2. The quantitative estimate of drug-likeness (QED) is 0.643. The summed E-state index contributed by atoms with van der Waals surface area (Å²) >= 11 is 1.27. The highest BCUT2D eigenvalue weighted by Crippen LogP contribution is 2.24. The van der Waals surface area contributed by atoms with E-state index in [1.54, 1.807) is 0 Å². The van der Waals surface area contributed by atoms with E-state index in [0.717, 1.165) is 0 Å². The fourth-order valence-electron chi connectivity index (χ4n) is 0.901. The van der Waals surface area contributed by atoms with Gasteiger partial charge >= 0.3 is 11.9 Å².